The van der Waals surface area contributed by atoms with E-state index >= 15 is 0 Å². The van der Waals surface area contributed by atoms with E-state index in [2.05, 4.69) is 30.3 Å². The number of fused-ring (bicyclic) bond motifs is 3. The summed E-state index contributed by atoms with van der Waals surface area (Å²) in [4.78, 5) is 14.6. The van der Waals surface area contributed by atoms with Gasteiger partial charge < -0.3 is 4.74 Å². The zero-order valence-corrected chi connectivity index (χ0v) is 25.0. The maximum absolute atomic E-state index is 14.8. The number of benzene rings is 5. The van der Waals surface area contributed by atoms with Crippen LogP contribution >= 0.6 is 0 Å². The van der Waals surface area contributed by atoms with Gasteiger partial charge in [-0.2, -0.15) is 8.42 Å². The van der Waals surface area contributed by atoms with Gasteiger partial charge in [0, 0.05) is 21.5 Å². The molecule has 43 heavy (non-hydrogen) atoms. The number of hydrogen-bond acceptors (Lipinski definition) is 4. The molecule has 2 saturated carbocycles. The van der Waals surface area contributed by atoms with Crippen LogP contribution in [0.5, 0.6) is 5.75 Å². The van der Waals surface area contributed by atoms with Crippen LogP contribution in [0.1, 0.15) is 97.5 Å². The number of carbonyl (C=O) groups is 1. The van der Waals surface area contributed by atoms with Crippen LogP contribution in [0.25, 0.3) is 32.3 Å². The fourth-order valence-electron chi connectivity index (χ4n) is 7.76. The Hall–Kier alpha value is -3.74. The molecule has 5 nitrogen and oxygen atoms in total. The van der Waals surface area contributed by atoms with Crippen LogP contribution in [0.4, 0.5) is 0 Å². The molecule has 0 aliphatic heterocycles. The van der Waals surface area contributed by atoms with Crippen LogP contribution in [-0.2, 0) is 10.1 Å². The normalized spacial score (nSPS) is 17.0. The summed E-state index contributed by atoms with van der Waals surface area (Å²) in [6.07, 6.45) is 11.2. The summed E-state index contributed by atoms with van der Waals surface area (Å²) in [5.74, 6) is 0.501. The third-order valence-corrected chi connectivity index (χ3v) is 10.6. The van der Waals surface area contributed by atoms with E-state index in [0.29, 0.717) is 38.8 Å². The summed E-state index contributed by atoms with van der Waals surface area (Å²) < 4.78 is 42.0. The van der Waals surface area contributed by atoms with Crippen molar-refractivity contribution in [3.63, 3.8) is 0 Å². The number of hydrogen-bond donors (Lipinski definition) is 1. The number of esters is 1. The highest BCUT2D eigenvalue weighted by Gasteiger charge is 2.32. The van der Waals surface area contributed by atoms with Gasteiger partial charge in [-0.1, -0.05) is 111 Å². The topological polar surface area (TPSA) is 80.7 Å². The van der Waals surface area contributed by atoms with Crippen molar-refractivity contribution >= 4 is 48.4 Å². The summed E-state index contributed by atoms with van der Waals surface area (Å²) in [5.41, 5.74) is 2.91. The number of ether oxygens (including phenoxy) is 1. The van der Waals surface area contributed by atoms with E-state index in [-0.39, 0.29) is 16.8 Å². The molecule has 0 amide bonds. The van der Waals surface area contributed by atoms with E-state index in [1.165, 1.54) is 18.2 Å². The average Bonchev–Trinajstić information content (AvgIpc) is 3.04. The van der Waals surface area contributed by atoms with Gasteiger partial charge in [0.2, 0.25) is 0 Å². The molecule has 5 aromatic rings. The Bertz CT molecular complexity index is 1910. The first-order chi connectivity index (χ1) is 20.9. The van der Waals surface area contributed by atoms with Crippen molar-refractivity contribution in [3.05, 3.63) is 95.6 Å². The van der Waals surface area contributed by atoms with Crippen molar-refractivity contribution in [1.29, 1.82) is 0 Å². The Morgan fingerprint density at radius 3 is 1.70 bits per heavy atom. The molecular weight excluding hydrogens is 556 g/mol. The summed E-state index contributed by atoms with van der Waals surface area (Å²) in [6, 6.07) is 24.5. The van der Waals surface area contributed by atoms with E-state index in [9.17, 15) is 17.8 Å². The van der Waals surface area contributed by atoms with Gasteiger partial charge in [-0.25, -0.2) is 4.79 Å². The van der Waals surface area contributed by atoms with Gasteiger partial charge in [-0.15, -0.1) is 0 Å². The second kappa shape index (κ2) is 11.4. The third kappa shape index (κ3) is 5.11. The monoisotopic (exact) mass is 592 g/mol. The van der Waals surface area contributed by atoms with Gasteiger partial charge in [0.05, 0.1) is 5.56 Å². The van der Waals surface area contributed by atoms with E-state index in [1.807, 2.05) is 0 Å². The predicted molar refractivity (Wildman–Crippen MR) is 172 cm³/mol. The van der Waals surface area contributed by atoms with Gasteiger partial charge in [0.15, 0.2) is 0 Å². The lowest BCUT2D eigenvalue weighted by Crippen LogP contribution is -2.21. The fraction of sp³-hybridized carbons (Fsp3) is 0.324. The van der Waals surface area contributed by atoms with Gasteiger partial charge in [-0.3, -0.25) is 4.55 Å². The van der Waals surface area contributed by atoms with Crippen LogP contribution in [0.15, 0.2) is 83.8 Å². The first-order valence-electron chi connectivity index (χ1n) is 15.6. The maximum atomic E-state index is 14.8. The van der Waals surface area contributed by atoms with Crippen LogP contribution in [0.2, 0.25) is 0 Å². The van der Waals surface area contributed by atoms with Crippen LogP contribution < -0.4 is 4.74 Å². The van der Waals surface area contributed by atoms with E-state index < -0.39 is 10.1 Å². The fourth-order valence-corrected chi connectivity index (χ4v) is 8.67. The lowest BCUT2D eigenvalue weighted by Gasteiger charge is -2.30. The Balaban J connectivity index is 1.48. The van der Waals surface area contributed by atoms with Gasteiger partial charge in [0.25, 0.3) is 10.1 Å². The van der Waals surface area contributed by atoms with Crippen molar-refractivity contribution in [3.8, 4) is 5.75 Å². The van der Waals surface area contributed by atoms with Crippen LogP contribution in [0, 0.1) is 0 Å². The molecule has 7 rings (SSSR count). The Labute approximate surface area is 252 Å². The molecule has 2 aliphatic carbocycles. The van der Waals surface area contributed by atoms with E-state index in [0.717, 1.165) is 67.9 Å². The van der Waals surface area contributed by atoms with Crippen molar-refractivity contribution in [2.45, 2.75) is 80.9 Å². The second-order valence-electron chi connectivity index (χ2n) is 12.3. The van der Waals surface area contributed by atoms with Crippen molar-refractivity contribution in [1.82, 2.24) is 0 Å². The summed E-state index contributed by atoms with van der Waals surface area (Å²) in [6.45, 7) is 0. The molecule has 6 heteroatoms. The SMILES string of the molecule is O=C(Oc1c2ccccc2c(S(=O)(=O)O)c2ccccc12)c1c(C2CCCCC2)cc2ccccc2c1C1CCCCC1. The van der Waals surface area contributed by atoms with Crippen molar-refractivity contribution < 1.29 is 22.5 Å². The maximum Gasteiger partial charge on any atom is 0.344 e. The standard InChI is InChI=1S/C37H36O5S/c38-37(42-35-28-19-9-11-21-30(28)36(43(39,40)41)31-22-12-10-20-29(31)35)34-32(24-13-3-1-4-14-24)23-26-17-7-8-18-27(26)33(34)25-15-5-2-6-16-25/h7-12,17-25H,1-6,13-16H2,(H,39,40,41). The highest BCUT2D eigenvalue weighted by molar-refractivity contribution is 7.86. The molecule has 220 valence electrons. The second-order valence-corrected chi connectivity index (χ2v) is 13.6. The first-order valence-corrected chi connectivity index (χ1v) is 17.0. The molecule has 5 aromatic carbocycles. The summed E-state index contributed by atoms with van der Waals surface area (Å²) in [7, 11) is -4.56. The molecule has 0 heterocycles. The predicted octanol–water partition coefficient (Wildman–Crippen LogP) is 9.71. The van der Waals surface area contributed by atoms with Crippen molar-refractivity contribution in [2.75, 3.05) is 0 Å². The molecule has 0 atom stereocenters. The zero-order valence-electron chi connectivity index (χ0n) is 24.2. The summed E-state index contributed by atoms with van der Waals surface area (Å²) >= 11 is 0. The van der Waals surface area contributed by atoms with E-state index in [4.69, 9.17) is 4.74 Å². The van der Waals surface area contributed by atoms with Gasteiger partial charge in [-0.05, 0) is 65.5 Å². The molecule has 0 aromatic heterocycles. The smallest absolute Gasteiger partial charge is 0.344 e. The Kier molecular flexibility index (Phi) is 7.44. The molecule has 0 unspecified atom stereocenters. The molecular formula is C37H36O5S. The largest absolute Gasteiger partial charge is 0.422 e. The summed E-state index contributed by atoms with van der Waals surface area (Å²) in [5, 5.41) is 3.89. The lowest BCUT2D eigenvalue weighted by atomic mass is 9.74. The molecule has 2 aliphatic rings. The molecule has 0 spiro atoms. The molecule has 0 saturated heterocycles. The number of rotatable bonds is 5. The minimum atomic E-state index is -4.56. The molecule has 1 N–H and O–H groups in total. The van der Waals surface area contributed by atoms with Crippen LogP contribution in [-0.4, -0.2) is 18.9 Å². The molecule has 2 fully saturated rings. The third-order valence-electron chi connectivity index (χ3n) is 9.67. The Morgan fingerprint density at radius 2 is 1.14 bits per heavy atom. The van der Waals surface area contributed by atoms with Crippen LogP contribution in [0.3, 0.4) is 0 Å². The molecule has 0 bridgehead atoms. The minimum absolute atomic E-state index is 0.171. The molecule has 0 radical (unpaired) electrons. The quantitative estimate of drug-likeness (QED) is 0.0951. The average molecular weight is 593 g/mol. The zero-order chi connectivity index (χ0) is 29.6. The van der Waals surface area contributed by atoms with Crippen molar-refractivity contribution in [2.24, 2.45) is 0 Å². The number of carbonyl (C=O) groups excluding carboxylic acids is 1. The lowest BCUT2D eigenvalue weighted by molar-refractivity contribution is 0.0735. The first kappa shape index (κ1) is 28.1. The van der Waals surface area contributed by atoms with E-state index in [1.54, 1.807) is 48.5 Å². The Morgan fingerprint density at radius 1 is 0.651 bits per heavy atom. The highest BCUT2D eigenvalue weighted by atomic mass is 32.2. The van der Waals surface area contributed by atoms with Gasteiger partial charge >= 0.3 is 5.97 Å². The van der Waals surface area contributed by atoms with Gasteiger partial charge in [0.1, 0.15) is 10.6 Å². The minimum Gasteiger partial charge on any atom is -0.422 e. The highest BCUT2D eigenvalue weighted by Crippen LogP contribution is 2.46.